The first-order valence-electron chi connectivity index (χ1n) is 6.22. The summed E-state index contributed by atoms with van der Waals surface area (Å²) in [6.07, 6.45) is 9.97. The third-order valence-electron chi connectivity index (χ3n) is 3.24. The van der Waals surface area contributed by atoms with Crippen LogP contribution in [0.4, 0.5) is 0 Å². The molecule has 1 aliphatic rings. The number of hydrogen-bond acceptors (Lipinski definition) is 2. The zero-order chi connectivity index (χ0) is 11.1. The van der Waals surface area contributed by atoms with Crippen molar-refractivity contribution >= 4 is 0 Å². The van der Waals surface area contributed by atoms with Gasteiger partial charge in [-0.3, -0.25) is 4.90 Å². The first-order valence-corrected chi connectivity index (χ1v) is 6.22. The van der Waals surface area contributed by atoms with E-state index in [0.717, 1.165) is 13.0 Å². The lowest BCUT2D eigenvalue weighted by Crippen LogP contribution is -2.37. The Morgan fingerprint density at radius 1 is 1.53 bits per heavy atom. The van der Waals surface area contributed by atoms with Crippen LogP contribution in [0.3, 0.4) is 0 Å². The first kappa shape index (κ1) is 12.5. The van der Waals surface area contributed by atoms with Gasteiger partial charge in [-0.1, -0.05) is 13.8 Å². The zero-order valence-electron chi connectivity index (χ0n) is 10.1. The van der Waals surface area contributed by atoms with Crippen molar-refractivity contribution in [3.63, 3.8) is 0 Å². The minimum absolute atomic E-state index is 0.600. The van der Waals surface area contributed by atoms with Gasteiger partial charge >= 0.3 is 0 Å². The molecule has 0 aliphatic carbocycles. The van der Waals surface area contributed by atoms with Crippen LogP contribution in [0.2, 0.25) is 0 Å². The van der Waals surface area contributed by atoms with E-state index in [-0.39, 0.29) is 0 Å². The molecule has 0 radical (unpaired) electrons. The van der Waals surface area contributed by atoms with Crippen molar-refractivity contribution < 1.29 is 0 Å². The molecule has 0 aromatic heterocycles. The molecule has 1 aliphatic heterocycles. The topological polar surface area (TPSA) is 15.3 Å². The highest BCUT2D eigenvalue weighted by Gasteiger charge is 2.26. The molecule has 1 saturated heterocycles. The van der Waals surface area contributed by atoms with Crippen molar-refractivity contribution in [3.8, 4) is 12.3 Å². The largest absolute Gasteiger partial charge is 0.313 e. The van der Waals surface area contributed by atoms with Crippen LogP contribution in [-0.2, 0) is 0 Å². The molecule has 1 N–H and O–H groups in total. The van der Waals surface area contributed by atoms with E-state index in [2.05, 4.69) is 30.0 Å². The van der Waals surface area contributed by atoms with Crippen molar-refractivity contribution in [2.24, 2.45) is 0 Å². The second-order valence-electron chi connectivity index (χ2n) is 4.40. The summed E-state index contributed by atoms with van der Waals surface area (Å²) < 4.78 is 0. The predicted octanol–water partition coefficient (Wildman–Crippen LogP) is 1.86. The van der Waals surface area contributed by atoms with E-state index in [1.54, 1.807) is 0 Å². The van der Waals surface area contributed by atoms with Crippen molar-refractivity contribution in [1.29, 1.82) is 0 Å². The summed E-state index contributed by atoms with van der Waals surface area (Å²) in [4.78, 5) is 2.55. The van der Waals surface area contributed by atoms with Crippen LogP contribution in [0.25, 0.3) is 0 Å². The molecule has 1 heterocycles. The maximum Gasteiger partial charge on any atom is 0.0242 e. The van der Waals surface area contributed by atoms with Crippen LogP contribution >= 0.6 is 0 Å². The van der Waals surface area contributed by atoms with E-state index >= 15 is 0 Å². The van der Waals surface area contributed by atoms with Gasteiger partial charge in [-0.2, -0.15) is 0 Å². The molecular formula is C13H24N2. The summed E-state index contributed by atoms with van der Waals surface area (Å²) in [7, 11) is 0. The fraction of sp³-hybridized carbons (Fsp3) is 0.846. The quantitative estimate of drug-likeness (QED) is 0.670. The van der Waals surface area contributed by atoms with Gasteiger partial charge in [0.25, 0.3) is 0 Å². The first-order chi connectivity index (χ1) is 7.31. The lowest BCUT2D eigenvalue weighted by molar-refractivity contribution is 0.234. The van der Waals surface area contributed by atoms with Crippen LogP contribution in [-0.4, -0.2) is 36.6 Å². The molecule has 2 unspecified atom stereocenters. The standard InChI is InChI=1S/C13H24N2/c1-4-7-13(6-3)15-10-8-12(11-15)14-9-5-2/h1,12-14H,5-11H2,2-3H3. The maximum atomic E-state index is 5.40. The van der Waals surface area contributed by atoms with Crippen molar-refractivity contribution in [2.75, 3.05) is 19.6 Å². The Morgan fingerprint density at radius 3 is 2.93 bits per heavy atom. The molecule has 86 valence electrons. The molecule has 1 rings (SSSR count). The fourth-order valence-electron chi connectivity index (χ4n) is 2.30. The monoisotopic (exact) mass is 208 g/mol. The highest BCUT2D eigenvalue weighted by atomic mass is 15.2. The molecule has 2 nitrogen and oxygen atoms in total. The van der Waals surface area contributed by atoms with Crippen LogP contribution in [0.5, 0.6) is 0 Å². The second-order valence-corrected chi connectivity index (χ2v) is 4.40. The number of nitrogens with zero attached hydrogens (tertiary/aromatic N) is 1. The third kappa shape index (κ3) is 3.85. The summed E-state index contributed by atoms with van der Waals surface area (Å²) >= 11 is 0. The van der Waals surface area contributed by atoms with Gasteiger partial charge < -0.3 is 5.32 Å². The van der Waals surface area contributed by atoms with Crippen molar-refractivity contribution in [2.45, 2.75) is 51.6 Å². The summed E-state index contributed by atoms with van der Waals surface area (Å²) in [5.74, 6) is 2.79. The Bertz CT molecular complexity index is 207. The molecular weight excluding hydrogens is 184 g/mol. The van der Waals surface area contributed by atoms with Crippen LogP contribution < -0.4 is 5.32 Å². The Labute approximate surface area is 94.4 Å². The Kier molecular flexibility index (Phi) is 5.75. The van der Waals surface area contributed by atoms with Crippen molar-refractivity contribution in [3.05, 3.63) is 0 Å². The van der Waals surface area contributed by atoms with Crippen LogP contribution in [0.1, 0.15) is 39.5 Å². The van der Waals surface area contributed by atoms with Gasteiger partial charge in [0.05, 0.1) is 0 Å². The molecule has 0 amide bonds. The van der Waals surface area contributed by atoms with Crippen LogP contribution in [0.15, 0.2) is 0 Å². The highest BCUT2D eigenvalue weighted by Crippen LogP contribution is 2.16. The fourth-order valence-corrected chi connectivity index (χ4v) is 2.30. The molecule has 0 bridgehead atoms. The van der Waals surface area contributed by atoms with E-state index in [9.17, 15) is 0 Å². The minimum Gasteiger partial charge on any atom is -0.313 e. The Balaban J connectivity index is 2.31. The Hall–Kier alpha value is -0.520. The SMILES string of the molecule is C#CCC(CC)N1CCC(NCCC)C1. The molecule has 2 heteroatoms. The Morgan fingerprint density at radius 2 is 2.33 bits per heavy atom. The molecule has 1 fully saturated rings. The molecule has 15 heavy (non-hydrogen) atoms. The van der Waals surface area contributed by atoms with Crippen LogP contribution in [0, 0.1) is 12.3 Å². The third-order valence-corrected chi connectivity index (χ3v) is 3.24. The zero-order valence-corrected chi connectivity index (χ0v) is 10.1. The normalized spacial score (nSPS) is 23.9. The van der Waals surface area contributed by atoms with E-state index in [1.165, 1.54) is 32.4 Å². The van der Waals surface area contributed by atoms with Gasteiger partial charge in [-0.25, -0.2) is 0 Å². The van der Waals surface area contributed by atoms with Gasteiger partial charge in [0.2, 0.25) is 0 Å². The van der Waals surface area contributed by atoms with Gasteiger partial charge in [-0.15, -0.1) is 12.3 Å². The molecule has 0 spiro atoms. The summed E-state index contributed by atoms with van der Waals surface area (Å²) in [6, 6.07) is 1.29. The molecule has 0 saturated carbocycles. The average Bonchev–Trinajstić information content (AvgIpc) is 2.71. The number of terminal acetylenes is 1. The maximum absolute atomic E-state index is 5.40. The highest BCUT2D eigenvalue weighted by molar-refractivity contribution is 4.93. The molecule has 0 aromatic rings. The number of rotatable bonds is 6. The summed E-state index contributed by atoms with van der Waals surface area (Å²) in [5, 5.41) is 3.59. The lowest BCUT2D eigenvalue weighted by Gasteiger charge is -2.25. The smallest absolute Gasteiger partial charge is 0.0242 e. The lowest BCUT2D eigenvalue weighted by atomic mass is 10.1. The molecule has 0 aromatic carbocycles. The van der Waals surface area contributed by atoms with Crippen molar-refractivity contribution in [1.82, 2.24) is 10.2 Å². The van der Waals surface area contributed by atoms with Gasteiger partial charge in [-0.05, 0) is 25.8 Å². The summed E-state index contributed by atoms with van der Waals surface area (Å²) in [5.41, 5.74) is 0. The predicted molar refractivity (Wildman–Crippen MR) is 65.8 cm³/mol. The number of likely N-dealkylation sites (tertiary alicyclic amines) is 1. The minimum atomic E-state index is 0.600. The van der Waals surface area contributed by atoms with Gasteiger partial charge in [0.15, 0.2) is 0 Å². The van der Waals surface area contributed by atoms with Gasteiger partial charge in [0.1, 0.15) is 0 Å². The number of nitrogens with one attached hydrogen (secondary N) is 1. The number of hydrogen-bond donors (Lipinski definition) is 1. The van der Waals surface area contributed by atoms with Gasteiger partial charge in [0, 0.05) is 31.6 Å². The second kappa shape index (κ2) is 6.87. The van der Waals surface area contributed by atoms with E-state index in [0.29, 0.717) is 12.1 Å². The van der Waals surface area contributed by atoms with E-state index in [4.69, 9.17) is 6.42 Å². The average molecular weight is 208 g/mol. The van der Waals surface area contributed by atoms with E-state index < -0.39 is 0 Å². The summed E-state index contributed by atoms with van der Waals surface area (Å²) in [6.45, 7) is 7.98. The molecule has 2 atom stereocenters. The van der Waals surface area contributed by atoms with E-state index in [1.807, 2.05) is 0 Å².